The van der Waals surface area contributed by atoms with E-state index in [0.717, 1.165) is 35.1 Å². The average molecular weight is 216 g/mol. The number of hydrogen-bond acceptors (Lipinski definition) is 2. The van der Waals surface area contributed by atoms with E-state index >= 15 is 0 Å². The maximum atomic E-state index is 9.28. The van der Waals surface area contributed by atoms with Gasteiger partial charge in [-0.15, -0.1) is 0 Å². The van der Waals surface area contributed by atoms with E-state index in [9.17, 15) is 5.11 Å². The predicted molar refractivity (Wildman–Crippen MR) is 65.1 cm³/mol. The lowest BCUT2D eigenvalue weighted by atomic mass is 10.2. The third kappa shape index (κ3) is 1.86. The molecule has 0 unspecified atom stereocenters. The largest absolute Gasteiger partial charge is 0.392 e. The second-order valence-corrected chi connectivity index (χ2v) is 3.92. The molecule has 0 amide bonds. The van der Waals surface area contributed by atoms with Gasteiger partial charge >= 0.3 is 0 Å². The van der Waals surface area contributed by atoms with Gasteiger partial charge in [-0.2, -0.15) is 0 Å². The summed E-state index contributed by atoms with van der Waals surface area (Å²) >= 11 is 0. The molecule has 2 aromatic heterocycles. The van der Waals surface area contributed by atoms with Crippen LogP contribution in [-0.2, 0) is 13.2 Å². The predicted octanol–water partition coefficient (Wildman–Crippen LogP) is 2.49. The smallest absolute Gasteiger partial charge is 0.140 e. The molecule has 3 heteroatoms. The molecule has 16 heavy (non-hydrogen) atoms. The van der Waals surface area contributed by atoms with Crippen molar-refractivity contribution in [1.29, 1.82) is 0 Å². The van der Waals surface area contributed by atoms with Crippen molar-refractivity contribution >= 4 is 11.0 Å². The molecule has 0 aliphatic heterocycles. The van der Waals surface area contributed by atoms with Crippen LogP contribution in [0.2, 0.25) is 0 Å². The van der Waals surface area contributed by atoms with E-state index in [1.807, 2.05) is 22.9 Å². The van der Waals surface area contributed by atoms with Crippen molar-refractivity contribution in [2.45, 2.75) is 26.5 Å². The fraction of sp³-hybridized carbons (Fsp3) is 0.308. The number of allylic oxidation sites excluding steroid dienone is 1. The number of nitrogens with zero attached hydrogens (tertiary/aromatic N) is 2. The fourth-order valence-electron chi connectivity index (χ4n) is 1.79. The topological polar surface area (TPSA) is 38.0 Å². The summed E-state index contributed by atoms with van der Waals surface area (Å²) < 4.78 is 2.05. The second-order valence-electron chi connectivity index (χ2n) is 3.92. The first-order valence-corrected chi connectivity index (χ1v) is 5.46. The first kappa shape index (κ1) is 10.9. The molecule has 0 atom stereocenters. The average Bonchev–Trinajstić information content (AvgIpc) is 2.68. The first-order valence-electron chi connectivity index (χ1n) is 5.46. The molecule has 2 rings (SSSR count). The summed E-state index contributed by atoms with van der Waals surface area (Å²) in [6, 6.07) is 3.87. The van der Waals surface area contributed by atoms with E-state index in [0.29, 0.717) is 0 Å². The van der Waals surface area contributed by atoms with Gasteiger partial charge in [-0.25, -0.2) is 4.98 Å². The summed E-state index contributed by atoms with van der Waals surface area (Å²) in [7, 11) is 0. The van der Waals surface area contributed by atoms with Gasteiger partial charge in [-0.3, -0.25) is 0 Å². The Labute approximate surface area is 95.0 Å². The van der Waals surface area contributed by atoms with Crippen molar-refractivity contribution < 1.29 is 5.11 Å². The Hall–Kier alpha value is -1.61. The van der Waals surface area contributed by atoms with Crippen LogP contribution in [0.4, 0.5) is 0 Å². The minimum absolute atomic E-state index is 0.0494. The lowest BCUT2D eigenvalue weighted by Crippen LogP contribution is -1.99. The molecule has 0 radical (unpaired) electrons. The molecule has 0 spiro atoms. The lowest BCUT2D eigenvalue weighted by molar-refractivity contribution is 0.283. The Morgan fingerprint density at radius 2 is 2.38 bits per heavy atom. The molecular formula is C13H16N2O. The zero-order valence-electron chi connectivity index (χ0n) is 9.48. The van der Waals surface area contributed by atoms with E-state index in [4.69, 9.17) is 0 Å². The van der Waals surface area contributed by atoms with Gasteiger partial charge in [0, 0.05) is 29.9 Å². The molecule has 2 heterocycles. The van der Waals surface area contributed by atoms with E-state index in [-0.39, 0.29) is 6.61 Å². The number of rotatable bonds is 4. The molecule has 0 aliphatic rings. The van der Waals surface area contributed by atoms with E-state index in [1.54, 1.807) is 6.20 Å². The normalized spacial score (nSPS) is 10.9. The second kappa shape index (κ2) is 4.49. The molecule has 1 N–H and O–H groups in total. The molecule has 3 nitrogen and oxygen atoms in total. The molecule has 0 saturated heterocycles. The van der Waals surface area contributed by atoms with E-state index in [1.165, 1.54) is 0 Å². The van der Waals surface area contributed by atoms with Crippen molar-refractivity contribution in [2.75, 3.05) is 0 Å². The Bertz CT molecular complexity index is 514. The Balaban J connectivity index is 2.49. The number of aromatic nitrogens is 2. The highest BCUT2D eigenvalue weighted by atomic mass is 16.3. The molecule has 0 aromatic carbocycles. The molecule has 0 aliphatic carbocycles. The third-order valence-electron chi connectivity index (χ3n) is 2.78. The Morgan fingerprint density at radius 1 is 1.56 bits per heavy atom. The van der Waals surface area contributed by atoms with Crippen LogP contribution in [0.1, 0.15) is 18.9 Å². The SMILES string of the molecule is C=C(CC)Cn1cc(CO)c2cccnc21. The fourth-order valence-corrected chi connectivity index (χ4v) is 1.79. The van der Waals surface area contributed by atoms with Gasteiger partial charge in [0.2, 0.25) is 0 Å². The summed E-state index contributed by atoms with van der Waals surface area (Å²) in [4.78, 5) is 4.35. The highest BCUT2D eigenvalue weighted by Gasteiger charge is 2.08. The Morgan fingerprint density at radius 3 is 3.06 bits per heavy atom. The van der Waals surface area contributed by atoms with Crippen LogP contribution in [0.3, 0.4) is 0 Å². The minimum atomic E-state index is 0.0494. The van der Waals surface area contributed by atoms with Gasteiger partial charge in [0.1, 0.15) is 5.65 Å². The summed E-state index contributed by atoms with van der Waals surface area (Å²) in [5.74, 6) is 0. The number of fused-ring (bicyclic) bond motifs is 1. The van der Waals surface area contributed by atoms with Crippen LogP contribution in [0, 0.1) is 0 Å². The van der Waals surface area contributed by atoms with Crippen molar-refractivity contribution in [3.05, 3.63) is 42.2 Å². The quantitative estimate of drug-likeness (QED) is 0.797. The van der Waals surface area contributed by atoms with Crippen LogP contribution in [0.15, 0.2) is 36.7 Å². The molecule has 84 valence electrons. The van der Waals surface area contributed by atoms with Crippen LogP contribution in [-0.4, -0.2) is 14.7 Å². The van der Waals surface area contributed by atoms with E-state index in [2.05, 4.69) is 18.5 Å². The monoisotopic (exact) mass is 216 g/mol. The van der Waals surface area contributed by atoms with Crippen LogP contribution < -0.4 is 0 Å². The van der Waals surface area contributed by atoms with Gasteiger partial charge in [0.25, 0.3) is 0 Å². The van der Waals surface area contributed by atoms with Gasteiger partial charge in [-0.05, 0) is 18.6 Å². The van der Waals surface area contributed by atoms with Gasteiger partial charge in [0.05, 0.1) is 6.61 Å². The number of hydrogen-bond donors (Lipinski definition) is 1. The highest BCUT2D eigenvalue weighted by molar-refractivity contribution is 5.80. The van der Waals surface area contributed by atoms with Crippen molar-refractivity contribution in [2.24, 2.45) is 0 Å². The first-order chi connectivity index (χ1) is 7.76. The summed E-state index contributed by atoms with van der Waals surface area (Å²) in [6.07, 6.45) is 4.69. The standard InChI is InChI=1S/C13H16N2O/c1-3-10(2)7-15-8-11(9-16)12-5-4-6-14-13(12)15/h4-6,8,16H,2-3,7,9H2,1H3. The molecule has 0 fully saturated rings. The van der Waals surface area contributed by atoms with Gasteiger partial charge in [0.15, 0.2) is 0 Å². The maximum absolute atomic E-state index is 9.28. The van der Waals surface area contributed by atoms with Crippen molar-refractivity contribution in [1.82, 2.24) is 9.55 Å². The van der Waals surface area contributed by atoms with Crippen LogP contribution >= 0.6 is 0 Å². The van der Waals surface area contributed by atoms with Crippen LogP contribution in [0.5, 0.6) is 0 Å². The summed E-state index contributed by atoms with van der Waals surface area (Å²) in [5, 5.41) is 10.3. The summed E-state index contributed by atoms with van der Waals surface area (Å²) in [5.41, 5.74) is 3.00. The molecule has 2 aromatic rings. The highest BCUT2D eigenvalue weighted by Crippen LogP contribution is 2.20. The number of aliphatic hydroxyl groups is 1. The van der Waals surface area contributed by atoms with Crippen molar-refractivity contribution in [3.8, 4) is 0 Å². The van der Waals surface area contributed by atoms with Gasteiger partial charge in [-0.1, -0.05) is 19.1 Å². The summed E-state index contributed by atoms with van der Waals surface area (Å²) in [6.45, 7) is 6.91. The van der Waals surface area contributed by atoms with Crippen molar-refractivity contribution in [3.63, 3.8) is 0 Å². The molecular weight excluding hydrogens is 200 g/mol. The molecule has 0 saturated carbocycles. The van der Waals surface area contributed by atoms with Gasteiger partial charge < -0.3 is 9.67 Å². The zero-order chi connectivity index (χ0) is 11.5. The minimum Gasteiger partial charge on any atom is -0.392 e. The lowest BCUT2D eigenvalue weighted by Gasteiger charge is -2.05. The Kier molecular flexibility index (Phi) is 3.06. The van der Waals surface area contributed by atoms with E-state index < -0.39 is 0 Å². The third-order valence-corrected chi connectivity index (χ3v) is 2.78. The molecule has 0 bridgehead atoms. The number of aliphatic hydroxyl groups excluding tert-OH is 1. The van der Waals surface area contributed by atoms with Crippen LogP contribution in [0.25, 0.3) is 11.0 Å². The number of pyridine rings is 1. The zero-order valence-corrected chi connectivity index (χ0v) is 9.48. The maximum Gasteiger partial charge on any atom is 0.140 e.